The summed E-state index contributed by atoms with van der Waals surface area (Å²) in [5, 5.41) is 14.0. The third kappa shape index (κ3) is 3.82. The SMILES string of the molecule is Cc1ccc2nc(Nc3nc(O)c(CCC(C)C)c(=O)[nH]3)nc(C)c2c1. The predicted molar refractivity (Wildman–Crippen MR) is 102 cm³/mol. The van der Waals surface area contributed by atoms with E-state index < -0.39 is 0 Å². The number of H-pyrrole nitrogens is 1. The minimum atomic E-state index is -0.353. The van der Waals surface area contributed by atoms with Gasteiger partial charge >= 0.3 is 0 Å². The molecule has 0 amide bonds. The molecule has 0 aliphatic rings. The molecule has 0 atom stereocenters. The number of hydrogen-bond acceptors (Lipinski definition) is 6. The Hall–Kier alpha value is -2.96. The van der Waals surface area contributed by atoms with Crippen LogP contribution in [0.3, 0.4) is 0 Å². The van der Waals surface area contributed by atoms with Crippen molar-refractivity contribution >= 4 is 22.8 Å². The fourth-order valence-electron chi connectivity index (χ4n) is 2.76. The first-order chi connectivity index (χ1) is 12.3. The van der Waals surface area contributed by atoms with E-state index in [1.54, 1.807) is 0 Å². The van der Waals surface area contributed by atoms with Gasteiger partial charge in [0.1, 0.15) is 0 Å². The van der Waals surface area contributed by atoms with Gasteiger partial charge in [-0.3, -0.25) is 15.1 Å². The van der Waals surface area contributed by atoms with Crippen LogP contribution in [0.1, 0.15) is 37.1 Å². The number of rotatable bonds is 5. The first-order valence-corrected chi connectivity index (χ1v) is 8.67. The van der Waals surface area contributed by atoms with Crippen LogP contribution in [0, 0.1) is 19.8 Å². The van der Waals surface area contributed by atoms with Gasteiger partial charge in [0.25, 0.3) is 5.56 Å². The highest BCUT2D eigenvalue weighted by Gasteiger charge is 2.13. The zero-order chi connectivity index (χ0) is 18.8. The summed E-state index contributed by atoms with van der Waals surface area (Å²) in [7, 11) is 0. The van der Waals surface area contributed by atoms with E-state index in [1.807, 2.05) is 32.0 Å². The molecule has 0 radical (unpaired) electrons. The molecule has 3 aromatic rings. The van der Waals surface area contributed by atoms with Crippen LogP contribution < -0.4 is 10.9 Å². The van der Waals surface area contributed by atoms with E-state index >= 15 is 0 Å². The Labute approximate surface area is 151 Å². The number of nitrogens with zero attached hydrogens (tertiary/aromatic N) is 3. The standard InChI is InChI=1S/C19H23N5O2/c1-10(2)5-7-13-16(25)22-19(23-17(13)26)24-18-20-12(4)14-9-11(3)6-8-15(14)21-18/h6,8-10H,5,7H2,1-4H3,(H3,20,21,22,23,24,25,26). The molecule has 0 spiro atoms. The zero-order valence-electron chi connectivity index (χ0n) is 15.4. The van der Waals surface area contributed by atoms with Crippen molar-refractivity contribution in [2.75, 3.05) is 5.32 Å². The summed E-state index contributed by atoms with van der Waals surface area (Å²) in [5.74, 6) is 0.609. The van der Waals surface area contributed by atoms with Crippen molar-refractivity contribution in [1.82, 2.24) is 19.9 Å². The largest absolute Gasteiger partial charge is 0.493 e. The summed E-state index contributed by atoms with van der Waals surface area (Å²) in [6.07, 6.45) is 1.29. The van der Waals surface area contributed by atoms with E-state index in [0.29, 0.717) is 23.9 Å². The molecule has 0 saturated carbocycles. The van der Waals surface area contributed by atoms with Crippen molar-refractivity contribution in [3.63, 3.8) is 0 Å². The van der Waals surface area contributed by atoms with Crippen LogP contribution in [0.2, 0.25) is 0 Å². The molecule has 0 bridgehead atoms. The van der Waals surface area contributed by atoms with Gasteiger partial charge < -0.3 is 5.11 Å². The van der Waals surface area contributed by atoms with E-state index in [0.717, 1.165) is 28.6 Å². The van der Waals surface area contributed by atoms with Gasteiger partial charge in [-0.2, -0.15) is 4.98 Å². The van der Waals surface area contributed by atoms with Gasteiger partial charge in [0.2, 0.25) is 17.8 Å². The van der Waals surface area contributed by atoms with Gasteiger partial charge in [-0.15, -0.1) is 0 Å². The Bertz CT molecular complexity index is 1010. The molecule has 7 heteroatoms. The number of benzene rings is 1. The summed E-state index contributed by atoms with van der Waals surface area (Å²) in [6, 6.07) is 5.94. The summed E-state index contributed by atoms with van der Waals surface area (Å²) in [5.41, 5.74) is 2.70. The minimum Gasteiger partial charge on any atom is -0.493 e. The van der Waals surface area contributed by atoms with Gasteiger partial charge in [0.15, 0.2) is 0 Å². The van der Waals surface area contributed by atoms with Crippen LogP contribution >= 0.6 is 0 Å². The molecular formula is C19H23N5O2. The third-order valence-electron chi connectivity index (χ3n) is 4.24. The fraction of sp³-hybridized carbons (Fsp3) is 0.368. The zero-order valence-corrected chi connectivity index (χ0v) is 15.4. The summed E-state index contributed by atoms with van der Waals surface area (Å²) >= 11 is 0. The average molecular weight is 353 g/mol. The van der Waals surface area contributed by atoms with Crippen LogP contribution in [0.4, 0.5) is 11.9 Å². The first kappa shape index (κ1) is 17.8. The second-order valence-corrected chi connectivity index (χ2v) is 6.93. The maximum atomic E-state index is 12.2. The Morgan fingerprint density at radius 1 is 1.19 bits per heavy atom. The van der Waals surface area contributed by atoms with E-state index in [1.165, 1.54) is 0 Å². The Morgan fingerprint density at radius 3 is 2.65 bits per heavy atom. The maximum absolute atomic E-state index is 12.2. The third-order valence-corrected chi connectivity index (χ3v) is 4.24. The van der Waals surface area contributed by atoms with E-state index in [2.05, 4.69) is 39.1 Å². The van der Waals surface area contributed by atoms with Crippen LogP contribution in [0.15, 0.2) is 23.0 Å². The molecule has 3 N–H and O–H groups in total. The molecule has 3 rings (SSSR count). The molecule has 0 aliphatic heterocycles. The second kappa shape index (κ2) is 7.11. The van der Waals surface area contributed by atoms with Gasteiger partial charge in [-0.25, -0.2) is 9.97 Å². The molecule has 26 heavy (non-hydrogen) atoms. The highest BCUT2D eigenvalue weighted by molar-refractivity contribution is 5.82. The number of fused-ring (bicyclic) bond motifs is 1. The molecule has 0 saturated heterocycles. The lowest BCUT2D eigenvalue weighted by Gasteiger charge is -2.10. The molecule has 0 unspecified atom stereocenters. The molecule has 0 aliphatic carbocycles. The minimum absolute atomic E-state index is 0.117. The summed E-state index contributed by atoms with van der Waals surface area (Å²) in [4.78, 5) is 27.8. The molecule has 1 aromatic carbocycles. The quantitative estimate of drug-likeness (QED) is 0.650. The van der Waals surface area contributed by atoms with Crippen LogP contribution in [-0.4, -0.2) is 25.0 Å². The molecule has 0 fully saturated rings. The number of nitrogens with one attached hydrogen (secondary N) is 2. The molecule has 7 nitrogen and oxygen atoms in total. The van der Waals surface area contributed by atoms with Crippen molar-refractivity contribution in [3.8, 4) is 5.88 Å². The number of anilines is 2. The van der Waals surface area contributed by atoms with Crippen molar-refractivity contribution in [1.29, 1.82) is 0 Å². The van der Waals surface area contributed by atoms with Crippen LogP contribution in [0.5, 0.6) is 5.88 Å². The van der Waals surface area contributed by atoms with E-state index in [4.69, 9.17) is 0 Å². The van der Waals surface area contributed by atoms with Crippen molar-refractivity contribution < 1.29 is 5.11 Å². The highest BCUT2D eigenvalue weighted by Crippen LogP contribution is 2.21. The molecular weight excluding hydrogens is 330 g/mol. The average Bonchev–Trinajstić information content (AvgIpc) is 2.54. The lowest BCUT2D eigenvalue weighted by molar-refractivity contribution is 0.439. The van der Waals surface area contributed by atoms with Gasteiger partial charge in [-0.1, -0.05) is 25.5 Å². The monoisotopic (exact) mass is 353 g/mol. The highest BCUT2D eigenvalue weighted by atomic mass is 16.3. The lowest BCUT2D eigenvalue weighted by Crippen LogP contribution is -2.17. The molecule has 136 valence electrons. The first-order valence-electron chi connectivity index (χ1n) is 8.67. The topological polar surface area (TPSA) is 104 Å². The van der Waals surface area contributed by atoms with Crippen LogP contribution in [-0.2, 0) is 6.42 Å². The number of aryl methyl sites for hydroxylation is 2. The van der Waals surface area contributed by atoms with Crippen LogP contribution in [0.25, 0.3) is 10.9 Å². The fourth-order valence-corrected chi connectivity index (χ4v) is 2.76. The Balaban J connectivity index is 1.90. The van der Waals surface area contributed by atoms with Crippen molar-refractivity contribution in [2.24, 2.45) is 5.92 Å². The second-order valence-electron chi connectivity index (χ2n) is 6.93. The smallest absolute Gasteiger partial charge is 0.259 e. The van der Waals surface area contributed by atoms with E-state index in [9.17, 15) is 9.90 Å². The van der Waals surface area contributed by atoms with Crippen molar-refractivity contribution in [2.45, 2.75) is 40.5 Å². The van der Waals surface area contributed by atoms with Gasteiger partial charge in [0, 0.05) is 5.39 Å². The normalized spacial score (nSPS) is 11.3. The Kier molecular flexibility index (Phi) is 4.88. The Morgan fingerprint density at radius 2 is 1.96 bits per heavy atom. The summed E-state index contributed by atoms with van der Waals surface area (Å²) < 4.78 is 0. The molecule has 2 heterocycles. The number of aromatic amines is 1. The molecule has 2 aromatic heterocycles. The summed E-state index contributed by atoms with van der Waals surface area (Å²) in [6.45, 7) is 8.05. The maximum Gasteiger partial charge on any atom is 0.259 e. The predicted octanol–water partition coefficient (Wildman–Crippen LogP) is 3.37. The number of aromatic nitrogens is 4. The lowest BCUT2D eigenvalue weighted by atomic mass is 10.0. The van der Waals surface area contributed by atoms with Gasteiger partial charge in [0.05, 0.1) is 16.8 Å². The van der Waals surface area contributed by atoms with Crippen molar-refractivity contribution in [3.05, 3.63) is 45.4 Å². The number of hydrogen-bond donors (Lipinski definition) is 3. The van der Waals surface area contributed by atoms with Gasteiger partial charge in [-0.05, 0) is 44.7 Å². The number of aromatic hydroxyl groups is 1. The van der Waals surface area contributed by atoms with E-state index in [-0.39, 0.29) is 17.4 Å².